The van der Waals surface area contributed by atoms with Crippen LogP contribution in [0.1, 0.15) is 47.8 Å². The van der Waals surface area contributed by atoms with Gasteiger partial charge in [0.05, 0.1) is 11.3 Å². The largest absolute Gasteiger partial charge is 0.353 e. The van der Waals surface area contributed by atoms with Gasteiger partial charge >= 0.3 is 0 Å². The van der Waals surface area contributed by atoms with Crippen molar-refractivity contribution in [1.82, 2.24) is 5.32 Å². The third-order valence-electron chi connectivity index (χ3n) is 3.50. The Labute approximate surface area is 129 Å². The Morgan fingerprint density at radius 1 is 1.35 bits per heavy atom. The molecule has 0 bridgehead atoms. The molecule has 1 aliphatic rings. The minimum atomic E-state index is 0. The molecule has 4 nitrogen and oxygen atoms in total. The van der Waals surface area contributed by atoms with Gasteiger partial charge in [-0.2, -0.15) is 0 Å². The Morgan fingerprint density at radius 2 is 2.00 bits per heavy atom. The van der Waals surface area contributed by atoms with E-state index in [9.17, 15) is 9.59 Å². The van der Waals surface area contributed by atoms with E-state index < -0.39 is 0 Å². The maximum Gasteiger partial charge on any atom is 0.224 e. The molecular formula is C14H21ClN2O2S. The normalized spacial score (nSPS) is 21.9. The van der Waals surface area contributed by atoms with E-state index >= 15 is 0 Å². The van der Waals surface area contributed by atoms with Gasteiger partial charge in [0.25, 0.3) is 0 Å². The van der Waals surface area contributed by atoms with Crippen molar-refractivity contribution in [2.75, 3.05) is 0 Å². The van der Waals surface area contributed by atoms with Crippen LogP contribution in [0.2, 0.25) is 0 Å². The molecule has 1 heterocycles. The van der Waals surface area contributed by atoms with E-state index in [1.807, 2.05) is 11.4 Å². The lowest BCUT2D eigenvalue weighted by Gasteiger charge is -2.26. The first-order chi connectivity index (χ1) is 9.04. The number of rotatable bonds is 4. The molecule has 3 N–H and O–H groups in total. The Bertz CT molecular complexity index is 467. The molecule has 1 amide bonds. The number of amides is 1. The third kappa shape index (κ3) is 4.89. The van der Waals surface area contributed by atoms with Gasteiger partial charge in [0.2, 0.25) is 5.91 Å². The molecule has 1 aromatic rings. The molecule has 0 aromatic carbocycles. The van der Waals surface area contributed by atoms with Gasteiger partial charge < -0.3 is 11.1 Å². The second-order valence-corrected chi connectivity index (χ2v) is 6.14. The summed E-state index contributed by atoms with van der Waals surface area (Å²) >= 11 is 1.40. The predicted molar refractivity (Wildman–Crippen MR) is 83.6 cm³/mol. The Hall–Kier alpha value is -0.910. The number of hydrogen-bond donors (Lipinski definition) is 2. The lowest BCUT2D eigenvalue weighted by atomic mass is 9.92. The minimum absolute atomic E-state index is 0. The predicted octanol–water partition coefficient (Wildman–Crippen LogP) is 2.30. The summed E-state index contributed by atoms with van der Waals surface area (Å²) in [5.74, 6) is 0.0892. The van der Waals surface area contributed by atoms with Gasteiger partial charge in [-0.3, -0.25) is 9.59 Å². The molecule has 0 spiro atoms. The van der Waals surface area contributed by atoms with Crippen molar-refractivity contribution in [1.29, 1.82) is 0 Å². The van der Waals surface area contributed by atoms with Crippen LogP contribution in [0, 0.1) is 0 Å². The van der Waals surface area contributed by atoms with Crippen molar-refractivity contribution in [2.24, 2.45) is 5.73 Å². The third-order valence-corrected chi connectivity index (χ3v) is 4.58. The van der Waals surface area contributed by atoms with Crippen LogP contribution in [-0.2, 0) is 11.2 Å². The zero-order valence-corrected chi connectivity index (χ0v) is 13.2. The molecule has 0 unspecified atom stereocenters. The Balaban J connectivity index is 0.00000200. The van der Waals surface area contributed by atoms with E-state index in [-0.39, 0.29) is 30.1 Å². The monoisotopic (exact) mass is 316 g/mol. The van der Waals surface area contributed by atoms with E-state index in [1.165, 1.54) is 11.3 Å². The van der Waals surface area contributed by atoms with Crippen LogP contribution in [0.5, 0.6) is 0 Å². The van der Waals surface area contributed by atoms with Gasteiger partial charge in [-0.15, -0.1) is 23.7 Å². The van der Waals surface area contributed by atoms with Crippen LogP contribution in [0.3, 0.4) is 0 Å². The summed E-state index contributed by atoms with van der Waals surface area (Å²) in [5, 5.41) is 4.93. The average Bonchev–Trinajstić information content (AvgIpc) is 2.80. The van der Waals surface area contributed by atoms with E-state index in [1.54, 1.807) is 6.92 Å². The molecule has 0 aliphatic heterocycles. The number of nitrogens with one attached hydrogen (secondary N) is 1. The average molecular weight is 317 g/mol. The lowest BCUT2D eigenvalue weighted by Crippen LogP contribution is -2.41. The second-order valence-electron chi connectivity index (χ2n) is 5.23. The van der Waals surface area contributed by atoms with Crippen LogP contribution in [0.4, 0.5) is 0 Å². The van der Waals surface area contributed by atoms with E-state index in [0.29, 0.717) is 17.3 Å². The fraction of sp³-hybridized carbons (Fsp3) is 0.571. The fourth-order valence-electron chi connectivity index (χ4n) is 2.38. The molecule has 20 heavy (non-hydrogen) atoms. The first-order valence-electron chi connectivity index (χ1n) is 6.68. The first kappa shape index (κ1) is 17.1. The quantitative estimate of drug-likeness (QED) is 0.837. The topological polar surface area (TPSA) is 72.2 Å². The lowest BCUT2D eigenvalue weighted by molar-refractivity contribution is -0.121. The summed E-state index contributed by atoms with van der Waals surface area (Å²) in [6, 6.07) is 2.37. The summed E-state index contributed by atoms with van der Waals surface area (Å²) in [7, 11) is 0. The van der Waals surface area contributed by atoms with Gasteiger partial charge in [-0.1, -0.05) is 0 Å². The van der Waals surface area contributed by atoms with Gasteiger partial charge in [0.1, 0.15) is 0 Å². The number of hydrogen-bond acceptors (Lipinski definition) is 4. The molecular weight excluding hydrogens is 296 g/mol. The zero-order chi connectivity index (χ0) is 13.8. The maximum atomic E-state index is 11.9. The molecule has 0 radical (unpaired) electrons. The fourth-order valence-corrected chi connectivity index (χ4v) is 3.20. The summed E-state index contributed by atoms with van der Waals surface area (Å²) in [6.07, 6.45) is 4.26. The van der Waals surface area contributed by atoms with Crippen molar-refractivity contribution in [3.05, 3.63) is 21.9 Å². The summed E-state index contributed by atoms with van der Waals surface area (Å²) in [5.41, 5.74) is 6.76. The summed E-state index contributed by atoms with van der Waals surface area (Å²) < 4.78 is 0. The highest BCUT2D eigenvalue weighted by Gasteiger charge is 2.20. The van der Waals surface area contributed by atoms with Gasteiger partial charge in [0, 0.05) is 12.1 Å². The van der Waals surface area contributed by atoms with Crippen molar-refractivity contribution >= 4 is 35.4 Å². The molecule has 1 fully saturated rings. The van der Waals surface area contributed by atoms with Crippen LogP contribution in [0.25, 0.3) is 0 Å². The van der Waals surface area contributed by atoms with Crippen molar-refractivity contribution < 1.29 is 9.59 Å². The van der Waals surface area contributed by atoms with Crippen molar-refractivity contribution in [2.45, 2.75) is 51.1 Å². The zero-order valence-electron chi connectivity index (χ0n) is 11.6. The number of thiophene rings is 1. The molecule has 1 aliphatic carbocycles. The number of nitrogens with two attached hydrogens (primary N) is 1. The second kappa shape index (κ2) is 7.76. The van der Waals surface area contributed by atoms with Gasteiger partial charge in [-0.25, -0.2) is 0 Å². The molecule has 1 saturated carbocycles. The smallest absolute Gasteiger partial charge is 0.224 e. The first-order valence-corrected chi connectivity index (χ1v) is 7.56. The number of carbonyl (C=O) groups excluding carboxylic acids is 2. The van der Waals surface area contributed by atoms with Crippen LogP contribution >= 0.6 is 23.7 Å². The van der Waals surface area contributed by atoms with Crippen LogP contribution < -0.4 is 11.1 Å². The number of carbonyl (C=O) groups is 2. The molecule has 0 atom stereocenters. The Morgan fingerprint density at radius 3 is 2.55 bits per heavy atom. The minimum Gasteiger partial charge on any atom is -0.353 e. The van der Waals surface area contributed by atoms with Gasteiger partial charge in [-0.05, 0) is 49.6 Å². The number of halogens is 1. The van der Waals surface area contributed by atoms with Crippen LogP contribution in [0.15, 0.2) is 11.4 Å². The summed E-state index contributed by atoms with van der Waals surface area (Å²) in [4.78, 5) is 23.8. The van der Waals surface area contributed by atoms with Crippen LogP contribution in [-0.4, -0.2) is 23.8 Å². The molecule has 2 rings (SSSR count). The summed E-state index contributed by atoms with van der Waals surface area (Å²) in [6.45, 7) is 1.54. The highest BCUT2D eigenvalue weighted by Crippen LogP contribution is 2.18. The Kier molecular flexibility index (Phi) is 6.65. The van der Waals surface area contributed by atoms with E-state index in [2.05, 4.69) is 5.32 Å². The maximum absolute atomic E-state index is 11.9. The van der Waals surface area contributed by atoms with Crippen molar-refractivity contribution in [3.63, 3.8) is 0 Å². The van der Waals surface area contributed by atoms with Gasteiger partial charge in [0.15, 0.2) is 5.78 Å². The highest BCUT2D eigenvalue weighted by atomic mass is 35.5. The SMILES string of the molecule is CC(=O)c1cc(CC(=O)NC2CCC(N)CC2)cs1.Cl. The van der Waals surface area contributed by atoms with E-state index in [0.717, 1.165) is 31.2 Å². The van der Waals surface area contributed by atoms with E-state index in [4.69, 9.17) is 5.73 Å². The molecule has 1 aromatic heterocycles. The number of Topliss-reactive ketones (excluding diaryl/α,β-unsaturated/α-hetero) is 1. The highest BCUT2D eigenvalue weighted by molar-refractivity contribution is 7.12. The number of ketones is 1. The van der Waals surface area contributed by atoms with Crippen molar-refractivity contribution in [3.8, 4) is 0 Å². The molecule has 0 saturated heterocycles. The molecule has 6 heteroatoms. The molecule has 112 valence electrons. The standard InChI is InChI=1S/C14H20N2O2S.ClH/c1-9(17)13-6-10(8-19-13)7-14(18)16-12-4-2-11(15)3-5-12;/h6,8,11-12H,2-5,7,15H2,1H3,(H,16,18);1H.